The Morgan fingerprint density at radius 1 is 1.31 bits per heavy atom. The first kappa shape index (κ1) is 11.9. The number of hydrogen-bond donors (Lipinski definition) is 0. The Morgan fingerprint density at radius 3 is 2.46 bits per heavy atom. The molecule has 0 amide bonds. The second-order valence-electron chi connectivity index (χ2n) is 2.78. The summed E-state index contributed by atoms with van der Waals surface area (Å²) in [6.45, 7) is 7.67. The van der Waals surface area contributed by atoms with Crippen LogP contribution in [-0.2, 0) is 4.79 Å². The van der Waals surface area contributed by atoms with E-state index in [1.165, 1.54) is 0 Å². The number of carbonyl (C=O) groups excluding carboxylic acids is 1. The maximum absolute atomic E-state index is 10.9. The Morgan fingerprint density at radius 2 is 1.92 bits per heavy atom. The zero-order valence-corrected chi connectivity index (χ0v) is 8.87. The monoisotopic (exact) mass is 178 g/mol. The van der Waals surface area contributed by atoms with Gasteiger partial charge in [-0.2, -0.15) is 0 Å². The molecule has 0 heterocycles. The molecule has 1 nitrogen and oxygen atoms in total. The predicted octanol–water partition coefficient (Wildman–Crippen LogP) is 3.29. The number of ketones is 1. The van der Waals surface area contributed by atoms with Crippen LogP contribution >= 0.6 is 0 Å². The summed E-state index contributed by atoms with van der Waals surface area (Å²) in [6, 6.07) is 0. The van der Waals surface area contributed by atoms with Crippen LogP contribution in [0.15, 0.2) is 36.0 Å². The van der Waals surface area contributed by atoms with Crippen molar-refractivity contribution < 1.29 is 4.79 Å². The summed E-state index contributed by atoms with van der Waals surface area (Å²) < 4.78 is 0. The molecule has 0 aromatic rings. The minimum atomic E-state index is 0.125. The van der Waals surface area contributed by atoms with Crippen molar-refractivity contribution in [2.75, 3.05) is 0 Å². The number of hydrogen-bond acceptors (Lipinski definition) is 1. The highest BCUT2D eigenvalue weighted by Gasteiger charge is 2.00. The number of carbonyl (C=O) groups is 1. The molecule has 1 aliphatic rings. The summed E-state index contributed by atoms with van der Waals surface area (Å²) in [5.41, 5.74) is 0.783. The fraction of sp³-hybridized carbons (Fsp3) is 0.417. The third kappa shape index (κ3) is 4.46. The normalized spacial score (nSPS) is 19.7. The smallest absolute Gasteiger partial charge is 0.159 e. The SMILES string of the molecule is CC.CC(=O)C1=CC=CC(C)C=C1. The third-order valence-corrected chi connectivity index (χ3v) is 1.68. The Labute approximate surface area is 80.8 Å². The first-order chi connectivity index (χ1) is 6.20. The van der Waals surface area contributed by atoms with Crippen molar-refractivity contribution in [3.05, 3.63) is 36.0 Å². The van der Waals surface area contributed by atoms with Gasteiger partial charge in [-0.15, -0.1) is 0 Å². The highest BCUT2D eigenvalue weighted by molar-refractivity contribution is 5.96. The summed E-state index contributed by atoms with van der Waals surface area (Å²) in [6.07, 6.45) is 9.75. The van der Waals surface area contributed by atoms with Gasteiger partial charge in [0.05, 0.1) is 0 Å². The Balaban J connectivity index is 0.000000671. The average molecular weight is 178 g/mol. The molecule has 0 aromatic heterocycles. The quantitative estimate of drug-likeness (QED) is 0.602. The molecule has 0 bridgehead atoms. The third-order valence-electron chi connectivity index (χ3n) is 1.68. The van der Waals surface area contributed by atoms with Gasteiger partial charge in [0.15, 0.2) is 5.78 Å². The molecule has 0 spiro atoms. The Bertz CT molecular complexity index is 244. The Hall–Kier alpha value is -1.11. The lowest BCUT2D eigenvalue weighted by atomic mass is 10.1. The van der Waals surface area contributed by atoms with Gasteiger partial charge >= 0.3 is 0 Å². The van der Waals surface area contributed by atoms with Crippen molar-refractivity contribution in [3.63, 3.8) is 0 Å². The molecule has 0 radical (unpaired) electrons. The van der Waals surface area contributed by atoms with E-state index in [-0.39, 0.29) is 5.78 Å². The summed E-state index contributed by atoms with van der Waals surface area (Å²) in [4.78, 5) is 10.9. The van der Waals surface area contributed by atoms with Crippen LogP contribution in [0.5, 0.6) is 0 Å². The minimum absolute atomic E-state index is 0.125. The average Bonchev–Trinajstić information content (AvgIpc) is 2.33. The van der Waals surface area contributed by atoms with Crippen molar-refractivity contribution >= 4 is 5.78 Å². The maximum Gasteiger partial charge on any atom is 0.159 e. The number of allylic oxidation sites excluding steroid dienone is 6. The van der Waals surface area contributed by atoms with Gasteiger partial charge in [-0.05, 0) is 12.8 Å². The second-order valence-corrected chi connectivity index (χ2v) is 2.78. The molecule has 0 fully saturated rings. The second kappa shape index (κ2) is 6.41. The highest BCUT2D eigenvalue weighted by atomic mass is 16.1. The van der Waals surface area contributed by atoms with Gasteiger partial charge in [0, 0.05) is 5.57 Å². The van der Waals surface area contributed by atoms with E-state index in [0.29, 0.717) is 5.92 Å². The zero-order valence-electron chi connectivity index (χ0n) is 8.87. The van der Waals surface area contributed by atoms with Crippen molar-refractivity contribution in [2.45, 2.75) is 27.7 Å². The molecule has 1 atom stereocenters. The lowest BCUT2D eigenvalue weighted by Crippen LogP contribution is -1.91. The topological polar surface area (TPSA) is 17.1 Å². The largest absolute Gasteiger partial charge is 0.295 e. The maximum atomic E-state index is 10.9. The molecule has 1 rings (SSSR count). The summed E-state index contributed by atoms with van der Waals surface area (Å²) in [5, 5.41) is 0. The van der Waals surface area contributed by atoms with Crippen LogP contribution in [-0.4, -0.2) is 5.78 Å². The Kier molecular flexibility index (Phi) is 5.86. The molecular formula is C12H18O. The van der Waals surface area contributed by atoms with E-state index in [2.05, 4.69) is 13.0 Å². The van der Waals surface area contributed by atoms with Crippen molar-refractivity contribution in [1.29, 1.82) is 0 Å². The van der Waals surface area contributed by atoms with E-state index in [4.69, 9.17) is 0 Å². The summed E-state index contributed by atoms with van der Waals surface area (Å²) in [7, 11) is 0. The molecule has 72 valence electrons. The molecule has 0 N–H and O–H groups in total. The van der Waals surface area contributed by atoms with E-state index in [1.54, 1.807) is 6.92 Å². The molecule has 1 heteroatoms. The minimum Gasteiger partial charge on any atom is -0.295 e. The molecule has 13 heavy (non-hydrogen) atoms. The first-order valence-corrected chi connectivity index (χ1v) is 4.78. The van der Waals surface area contributed by atoms with Crippen LogP contribution in [0.2, 0.25) is 0 Å². The van der Waals surface area contributed by atoms with Crippen LogP contribution in [0, 0.1) is 5.92 Å². The van der Waals surface area contributed by atoms with Gasteiger partial charge in [-0.1, -0.05) is 51.2 Å². The van der Waals surface area contributed by atoms with E-state index in [0.717, 1.165) is 5.57 Å². The molecule has 0 saturated carbocycles. The van der Waals surface area contributed by atoms with Gasteiger partial charge in [-0.3, -0.25) is 4.79 Å². The molecular weight excluding hydrogens is 160 g/mol. The van der Waals surface area contributed by atoms with E-state index < -0.39 is 0 Å². The number of Topliss-reactive ketones (excluding diaryl/α,β-unsaturated/α-hetero) is 1. The molecule has 0 saturated heterocycles. The van der Waals surface area contributed by atoms with Crippen molar-refractivity contribution in [2.24, 2.45) is 5.92 Å². The lowest BCUT2D eigenvalue weighted by molar-refractivity contribution is -0.113. The molecule has 0 aromatic carbocycles. The summed E-state index contributed by atoms with van der Waals surface area (Å²) in [5.74, 6) is 0.558. The zero-order chi connectivity index (χ0) is 10.3. The van der Waals surface area contributed by atoms with Crippen LogP contribution in [0.1, 0.15) is 27.7 Å². The van der Waals surface area contributed by atoms with Crippen LogP contribution in [0.3, 0.4) is 0 Å². The number of rotatable bonds is 1. The van der Waals surface area contributed by atoms with Gasteiger partial charge in [0.2, 0.25) is 0 Å². The highest BCUT2D eigenvalue weighted by Crippen LogP contribution is 2.09. The van der Waals surface area contributed by atoms with Gasteiger partial charge in [0.1, 0.15) is 0 Å². The molecule has 0 aliphatic heterocycles. The van der Waals surface area contributed by atoms with E-state index in [9.17, 15) is 4.79 Å². The van der Waals surface area contributed by atoms with Gasteiger partial charge in [0.25, 0.3) is 0 Å². The van der Waals surface area contributed by atoms with E-state index >= 15 is 0 Å². The van der Waals surface area contributed by atoms with Crippen molar-refractivity contribution in [3.8, 4) is 0 Å². The standard InChI is InChI=1S/C10H12O.C2H6/c1-8-4-3-5-10(7-6-8)9(2)11;1-2/h3-8H,1-2H3;1-2H3. The fourth-order valence-corrected chi connectivity index (χ4v) is 0.944. The van der Waals surface area contributed by atoms with Crippen LogP contribution in [0.25, 0.3) is 0 Å². The van der Waals surface area contributed by atoms with Crippen molar-refractivity contribution in [1.82, 2.24) is 0 Å². The fourth-order valence-electron chi connectivity index (χ4n) is 0.944. The lowest BCUT2D eigenvalue weighted by Gasteiger charge is -1.93. The van der Waals surface area contributed by atoms with Gasteiger partial charge < -0.3 is 0 Å². The van der Waals surface area contributed by atoms with Gasteiger partial charge in [-0.25, -0.2) is 0 Å². The predicted molar refractivity (Wildman–Crippen MR) is 57.6 cm³/mol. The van der Waals surface area contributed by atoms with E-state index in [1.807, 2.05) is 38.2 Å². The first-order valence-electron chi connectivity index (χ1n) is 4.78. The van der Waals surface area contributed by atoms with Crippen LogP contribution < -0.4 is 0 Å². The van der Waals surface area contributed by atoms with Crippen LogP contribution in [0.4, 0.5) is 0 Å². The summed E-state index contributed by atoms with van der Waals surface area (Å²) >= 11 is 0. The molecule has 1 aliphatic carbocycles. The molecule has 1 unspecified atom stereocenters.